The summed E-state index contributed by atoms with van der Waals surface area (Å²) in [5, 5.41) is 12.6. The van der Waals surface area contributed by atoms with Gasteiger partial charge in [0.15, 0.2) is 4.34 Å². The lowest BCUT2D eigenvalue weighted by atomic mass is 10.4. The number of nitrogens with zero attached hydrogens (tertiary/aromatic N) is 5. The number of aryl methyl sites for hydroxylation is 1. The van der Waals surface area contributed by atoms with Crippen molar-refractivity contribution in [2.75, 3.05) is 11.4 Å². The lowest BCUT2D eigenvalue weighted by molar-refractivity contribution is -0.116. The van der Waals surface area contributed by atoms with Gasteiger partial charge in [0.1, 0.15) is 0 Å². The molecule has 7 nitrogen and oxygen atoms in total. The van der Waals surface area contributed by atoms with Crippen LogP contribution < -0.4 is 9.64 Å². The van der Waals surface area contributed by atoms with Crippen LogP contribution in [0.15, 0.2) is 16.7 Å². The van der Waals surface area contributed by atoms with E-state index in [-0.39, 0.29) is 17.3 Å². The maximum absolute atomic E-state index is 12.5. The molecule has 0 unspecified atom stereocenters. The van der Waals surface area contributed by atoms with Crippen LogP contribution in [0.5, 0.6) is 5.19 Å². The maximum atomic E-state index is 12.5. The molecule has 2 aromatic heterocycles. The summed E-state index contributed by atoms with van der Waals surface area (Å²) >= 11 is 2.84. The van der Waals surface area contributed by atoms with Crippen molar-refractivity contribution in [1.82, 2.24) is 20.0 Å². The highest BCUT2D eigenvalue weighted by Crippen LogP contribution is 2.36. The molecule has 3 heterocycles. The number of amides is 1. The van der Waals surface area contributed by atoms with Crippen LogP contribution in [-0.2, 0) is 11.8 Å². The Hall–Kier alpha value is -1.61. The number of rotatable bonds is 5. The summed E-state index contributed by atoms with van der Waals surface area (Å²) in [6.45, 7) is 4.59. The highest BCUT2D eigenvalue weighted by Gasteiger charge is 2.34. The molecule has 9 heteroatoms. The van der Waals surface area contributed by atoms with E-state index in [1.54, 1.807) is 15.8 Å². The Morgan fingerprint density at radius 3 is 2.95 bits per heavy atom. The van der Waals surface area contributed by atoms with E-state index in [0.29, 0.717) is 11.7 Å². The van der Waals surface area contributed by atoms with Gasteiger partial charge in [0.2, 0.25) is 5.91 Å². The Morgan fingerprint density at radius 2 is 2.27 bits per heavy atom. The van der Waals surface area contributed by atoms with Gasteiger partial charge in [-0.15, -0.1) is 5.10 Å². The van der Waals surface area contributed by atoms with Crippen molar-refractivity contribution < 1.29 is 9.53 Å². The van der Waals surface area contributed by atoms with Gasteiger partial charge < -0.3 is 9.64 Å². The topological polar surface area (TPSA) is 73.1 Å². The van der Waals surface area contributed by atoms with Crippen molar-refractivity contribution in [2.45, 2.75) is 36.0 Å². The lowest BCUT2D eigenvalue weighted by Crippen LogP contribution is -2.27. The number of anilines is 1. The average molecular weight is 339 g/mol. The van der Waals surface area contributed by atoms with Crippen LogP contribution in [-0.4, -0.2) is 43.8 Å². The molecule has 1 aliphatic heterocycles. The second kappa shape index (κ2) is 6.25. The molecular formula is C13H17N5O2S2. The zero-order valence-corrected chi connectivity index (χ0v) is 14.2. The van der Waals surface area contributed by atoms with Crippen LogP contribution >= 0.6 is 23.1 Å². The molecule has 2 aromatic rings. The molecule has 1 fully saturated rings. The number of thioether (sulfide) groups is 1. The average Bonchev–Trinajstić information content (AvgIpc) is 3.13. The summed E-state index contributed by atoms with van der Waals surface area (Å²) in [6.07, 6.45) is 4.42. The molecule has 1 amide bonds. The highest BCUT2D eigenvalue weighted by atomic mass is 32.2. The Bertz CT molecular complexity index is 669. The van der Waals surface area contributed by atoms with Crippen molar-refractivity contribution in [3.63, 3.8) is 0 Å². The fraction of sp³-hybridized carbons (Fsp3) is 0.538. The first-order chi connectivity index (χ1) is 10.5. The lowest BCUT2D eigenvalue weighted by Gasteiger charge is -2.13. The molecule has 3 rings (SSSR count). The maximum Gasteiger partial charge on any atom is 0.295 e. The highest BCUT2D eigenvalue weighted by molar-refractivity contribution is 8.02. The summed E-state index contributed by atoms with van der Waals surface area (Å²) < 4.78 is 7.97. The van der Waals surface area contributed by atoms with Gasteiger partial charge >= 0.3 is 0 Å². The van der Waals surface area contributed by atoms with E-state index < -0.39 is 0 Å². The Morgan fingerprint density at radius 1 is 1.45 bits per heavy atom. The molecular weight excluding hydrogens is 322 g/mol. The van der Waals surface area contributed by atoms with Crippen LogP contribution in [0.3, 0.4) is 0 Å². The van der Waals surface area contributed by atoms with Gasteiger partial charge in [-0.3, -0.25) is 9.48 Å². The quantitative estimate of drug-likeness (QED) is 0.829. The second-order valence-corrected chi connectivity index (χ2v) is 7.65. The fourth-order valence-electron chi connectivity index (χ4n) is 2.18. The van der Waals surface area contributed by atoms with Crippen LogP contribution in [0.25, 0.3) is 0 Å². The number of aromatic nitrogens is 4. The zero-order valence-electron chi connectivity index (χ0n) is 12.6. The molecule has 1 atom stereocenters. The van der Waals surface area contributed by atoms with E-state index in [1.807, 2.05) is 27.1 Å². The second-order valence-electron chi connectivity index (χ2n) is 5.26. The molecule has 118 valence electrons. The van der Waals surface area contributed by atoms with E-state index in [9.17, 15) is 4.79 Å². The van der Waals surface area contributed by atoms with Gasteiger partial charge in [0.05, 0.1) is 23.2 Å². The van der Waals surface area contributed by atoms with Gasteiger partial charge in [0.25, 0.3) is 5.19 Å². The number of hydrogen-bond donors (Lipinski definition) is 0. The van der Waals surface area contributed by atoms with E-state index in [1.165, 1.54) is 23.1 Å². The van der Waals surface area contributed by atoms with Crippen molar-refractivity contribution >= 4 is 34.7 Å². The molecule has 1 saturated heterocycles. The van der Waals surface area contributed by atoms with E-state index >= 15 is 0 Å². The Kier molecular flexibility index (Phi) is 4.34. The van der Waals surface area contributed by atoms with Crippen molar-refractivity contribution in [1.29, 1.82) is 0 Å². The van der Waals surface area contributed by atoms with Crippen LogP contribution in [0.4, 0.5) is 5.69 Å². The normalized spacial score (nSPS) is 18.5. The first-order valence-electron chi connectivity index (χ1n) is 7.00. The molecule has 0 saturated carbocycles. The molecule has 1 aliphatic rings. The Balaban J connectivity index is 1.64. The van der Waals surface area contributed by atoms with Gasteiger partial charge in [0, 0.05) is 19.8 Å². The van der Waals surface area contributed by atoms with Crippen molar-refractivity contribution in [3.05, 3.63) is 12.4 Å². The molecule has 22 heavy (non-hydrogen) atoms. The summed E-state index contributed by atoms with van der Waals surface area (Å²) in [5.74, 6) is 0.0968. The first kappa shape index (κ1) is 15.3. The molecule has 0 aliphatic carbocycles. The molecule has 0 bridgehead atoms. The number of hydrogen-bond acceptors (Lipinski definition) is 7. The molecule has 0 radical (unpaired) electrons. The summed E-state index contributed by atoms with van der Waals surface area (Å²) in [4.78, 5) is 14.3. The van der Waals surface area contributed by atoms with Gasteiger partial charge in [-0.2, -0.15) is 5.10 Å². The predicted molar refractivity (Wildman–Crippen MR) is 85.5 cm³/mol. The third-order valence-corrected chi connectivity index (χ3v) is 5.28. The minimum absolute atomic E-state index is 0.0694. The largest absolute Gasteiger partial charge is 0.466 e. The standard InChI is InChI=1S/C13H17N5O2S2/c1-8(2)20-12-15-16-13(22-12)21-10-4-5-18(11(10)19)9-6-14-17(3)7-9/h6-8,10H,4-5H2,1-3H3/t10-/m1/s1. The third-order valence-electron chi connectivity index (χ3n) is 3.13. The predicted octanol–water partition coefficient (Wildman–Crippen LogP) is 1.96. The van der Waals surface area contributed by atoms with Crippen molar-refractivity contribution in [3.8, 4) is 5.19 Å². The van der Waals surface area contributed by atoms with Crippen LogP contribution in [0.2, 0.25) is 0 Å². The van der Waals surface area contributed by atoms with Crippen LogP contribution in [0, 0.1) is 0 Å². The SMILES string of the molecule is CC(C)Oc1nnc(S[C@@H]2CCN(c3cnn(C)c3)C2=O)s1. The van der Waals surface area contributed by atoms with Gasteiger partial charge in [-0.05, 0) is 31.6 Å². The van der Waals surface area contributed by atoms with Gasteiger partial charge in [-0.25, -0.2) is 0 Å². The number of ether oxygens (including phenoxy) is 1. The Labute approximate surface area is 136 Å². The zero-order chi connectivity index (χ0) is 15.7. The molecule has 0 aromatic carbocycles. The fourth-order valence-corrected chi connectivity index (χ4v) is 4.27. The van der Waals surface area contributed by atoms with Crippen LogP contribution in [0.1, 0.15) is 20.3 Å². The number of carbonyl (C=O) groups excluding carboxylic acids is 1. The van der Waals surface area contributed by atoms with E-state index in [0.717, 1.165) is 16.4 Å². The third kappa shape index (κ3) is 3.25. The molecule has 0 spiro atoms. The van der Waals surface area contributed by atoms with E-state index in [4.69, 9.17) is 4.74 Å². The monoisotopic (exact) mass is 339 g/mol. The summed E-state index contributed by atoms with van der Waals surface area (Å²) in [5.41, 5.74) is 0.844. The minimum Gasteiger partial charge on any atom is -0.466 e. The number of carbonyl (C=O) groups is 1. The first-order valence-corrected chi connectivity index (χ1v) is 8.69. The van der Waals surface area contributed by atoms with Gasteiger partial charge in [-0.1, -0.05) is 16.9 Å². The summed E-state index contributed by atoms with van der Waals surface area (Å²) in [7, 11) is 1.84. The summed E-state index contributed by atoms with van der Waals surface area (Å²) in [6, 6.07) is 0. The van der Waals surface area contributed by atoms with Crippen molar-refractivity contribution in [2.24, 2.45) is 7.05 Å². The molecule has 0 N–H and O–H groups in total. The van der Waals surface area contributed by atoms with E-state index in [2.05, 4.69) is 15.3 Å². The smallest absolute Gasteiger partial charge is 0.295 e. The minimum atomic E-state index is -0.125.